The molecule has 1 aliphatic heterocycles. The first-order valence-corrected chi connectivity index (χ1v) is 16.2. The zero-order valence-electron chi connectivity index (χ0n) is 21.9. The number of benzene rings is 2. The zero-order chi connectivity index (χ0) is 27.7. The van der Waals surface area contributed by atoms with Crippen molar-refractivity contribution in [3.8, 4) is 5.75 Å². The molecule has 3 aromatic rings. The average molecular weight is 774 g/mol. The van der Waals surface area contributed by atoms with Gasteiger partial charge in [0.25, 0.3) is 5.56 Å². The molecular weight excluding hydrogens is 746 g/mol. The number of thioether (sulfide) groups is 1. The molecule has 2 aromatic carbocycles. The van der Waals surface area contributed by atoms with Crippen LogP contribution in [0.4, 0.5) is 0 Å². The molecule has 0 saturated carbocycles. The molecule has 0 N–H and O–H groups in total. The van der Waals surface area contributed by atoms with E-state index in [4.69, 9.17) is 9.47 Å². The first-order chi connectivity index (χ1) is 18.0. The van der Waals surface area contributed by atoms with Gasteiger partial charge < -0.3 is 9.47 Å². The highest BCUT2D eigenvalue weighted by molar-refractivity contribution is 14.1. The molecular formula is C28H28I2N2O4S2. The van der Waals surface area contributed by atoms with Crippen LogP contribution in [0.25, 0.3) is 6.08 Å². The third-order valence-corrected chi connectivity index (χ3v) is 9.02. The molecule has 38 heavy (non-hydrogen) atoms. The van der Waals surface area contributed by atoms with Gasteiger partial charge in [-0.05, 0) is 128 Å². The third kappa shape index (κ3) is 6.23. The van der Waals surface area contributed by atoms with E-state index in [-0.39, 0.29) is 17.8 Å². The topological polar surface area (TPSA) is 69.9 Å². The van der Waals surface area contributed by atoms with Gasteiger partial charge in [-0.15, -0.1) is 11.8 Å². The summed E-state index contributed by atoms with van der Waals surface area (Å²) in [5, 5.41) is 0. The van der Waals surface area contributed by atoms with E-state index in [1.807, 2.05) is 76.4 Å². The first kappa shape index (κ1) is 29.3. The Labute approximate surface area is 257 Å². The second kappa shape index (κ2) is 12.3. The predicted molar refractivity (Wildman–Crippen MR) is 171 cm³/mol. The minimum atomic E-state index is -0.627. The van der Waals surface area contributed by atoms with Crippen LogP contribution in [0.5, 0.6) is 5.75 Å². The molecule has 200 valence electrons. The fraction of sp³-hybridized carbons (Fsp3) is 0.321. The van der Waals surface area contributed by atoms with E-state index in [0.717, 1.165) is 28.9 Å². The number of esters is 1. The van der Waals surface area contributed by atoms with Crippen LogP contribution >= 0.6 is 68.3 Å². The lowest BCUT2D eigenvalue weighted by Crippen LogP contribution is -2.40. The Morgan fingerprint density at radius 3 is 2.29 bits per heavy atom. The number of carbonyl (C=O) groups excluding carboxylic acids is 1. The SMILES string of the molecule is CSc1ccc([C@@H]2C(C(=O)OC(C)C)=C(C)N=c3s/c(=C\c4cc(I)c(OC(C)C)c(I)c4)c(=O)n32)cc1. The van der Waals surface area contributed by atoms with Crippen molar-refractivity contribution >= 4 is 80.3 Å². The lowest BCUT2D eigenvalue weighted by atomic mass is 9.96. The van der Waals surface area contributed by atoms with E-state index in [0.29, 0.717) is 20.6 Å². The van der Waals surface area contributed by atoms with Gasteiger partial charge in [0, 0.05) is 4.90 Å². The highest BCUT2D eigenvalue weighted by Gasteiger charge is 2.33. The fourth-order valence-electron chi connectivity index (χ4n) is 4.12. The number of carbonyl (C=O) groups is 1. The van der Waals surface area contributed by atoms with Crippen LogP contribution in [0, 0.1) is 7.14 Å². The van der Waals surface area contributed by atoms with E-state index in [9.17, 15) is 9.59 Å². The quantitative estimate of drug-likeness (QED) is 0.170. The van der Waals surface area contributed by atoms with Gasteiger partial charge in [-0.25, -0.2) is 9.79 Å². The number of hydrogen-bond donors (Lipinski definition) is 0. The first-order valence-electron chi connectivity index (χ1n) is 12.0. The van der Waals surface area contributed by atoms with Gasteiger partial charge in [-0.2, -0.15) is 0 Å². The highest BCUT2D eigenvalue weighted by Crippen LogP contribution is 2.32. The molecule has 4 rings (SSSR count). The molecule has 0 radical (unpaired) electrons. The molecule has 2 heterocycles. The van der Waals surface area contributed by atoms with Crippen LogP contribution in [0.3, 0.4) is 0 Å². The minimum absolute atomic E-state index is 0.0661. The Morgan fingerprint density at radius 2 is 1.74 bits per heavy atom. The van der Waals surface area contributed by atoms with Gasteiger partial charge in [0.2, 0.25) is 0 Å². The normalized spacial score (nSPS) is 15.6. The summed E-state index contributed by atoms with van der Waals surface area (Å²) in [6, 6.07) is 11.3. The standard InChI is InChI=1S/C28H28I2N2O4S2/c1-14(2)35-25-20(29)11-17(12-21(25)30)13-22-26(33)32-24(18-7-9-19(37-6)10-8-18)23(27(34)36-15(3)4)16(5)31-28(32)38-22/h7-15,24H,1-6H3/b22-13-/t24-/m1/s1. The van der Waals surface area contributed by atoms with Crippen molar-refractivity contribution in [2.24, 2.45) is 4.99 Å². The Balaban J connectivity index is 1.89. The Kier molecular flexibility index (Phi) is 9.47. The van der Waals surface area contributed by atoms with Crippen molar-refractivity contribution in [2.45, 2.75) is 57.8 Å². The molecule has 6 nitrogen and oxygen atoms in total. The summed E-state index contributed by atoms with van der Waals surface area (Å²) in [5.74, 6) is 0.386. The molecule has 0 unspecified atom stereocenters. The Hall–Kier alpha value is -1.64. The highest BCUT2D eigenvalue weighted by atomic mass is 127. The minimum Gasteiger partial charge on any atom is -0.489 e. The van der Waals surface area contributed by atoms with Gasteiger partial charge in [0.1, 0.15) is 5.75 Å². The number of nitrogens with zero attached hydrogens (tertiary/aromatic N) is 2. The molecule has 0 saturated heterocycles. The predicted octanol–water partition coefficient (Wildman–Crippen LogP) is 5.91. The lowest BCUT2D eigenvalue weighted by molar-refractivity contribution is -0.143. The third-order valence-electron chi connectivity index (χ3n) is 5.69. The van der Waals surface area contributed by atoms with Crippen LogP contribution in [-0.2, 0) is 9.53 Å². The van der Waals surface area contributed by atoms with Crippen LogP contribution in [0.2, 0.25) is 0 Å². The number of fused-ring (bicyclic) bond motifs is 1. The van der Waals surface area contributed by atoms with Crippen LogP contribution in [0.15, 0.2) is 62.4 Å². The van der Waals surface area contributed by atoms with Gasteiger partial charge in [0.05, 0.1) is 41.2 Å². The van der Waals surface area contributed by atoms with Crippen molar-refractivity contribution in [1.29, 1.82) is 0 Å². The number of halogens is 2. The van der Waals surface area contributed by atoms with Crippen LogP contribution in [0.1, 0.15) is 51.8 Å². The van der Waals surface area contributed by atoms with Crippen LogP contribution < -0.4 is 19.6 Å². The summed E-state index contributed by atoms with van der Waals surface area (Å²) in [6.07, 6.45) is 3.67. The molecule has 1 aliphatic rings. The van der Waals surface area contributed by atoms with E-state index in [2.05, 4.69) is 50.2 Å². The lowest BCUT2D eigenvalue weighted by Gasteiger charge is -2.25. The van der Waals surface area contributed by atoms with Crippen molar-refractivity contribution in [3.63, 3.8) is 0 Å². The van der Waals surface area contributed by atoms with E-state index < -0.39 is 12.0 Å². The largest absolute Gasteiger partial charge is 0.489 e. The number of rotatable bonds is 7. The van der Waals surface area contributed by atoms with Gasteiger partial charge in [-0.1, -0.05) is 23.5 Å². The molecule has 0 spiro atoms. The number of ether oxygens (including phenoxy) is 2. The van der Waals surface area contributed by atoms with Gasteiger partial charge >= 0.3 is 5.97 Å². The molecule has 0 bridgehead atoms. The summed E-state index contributed by atoms with van der Waals surface area (Å²) < 4.78 is 15.7. The Morgan fingerprint density at radius 1 is 1.11 bits per heavy atom. The number of allylic oxidation sites excluding steroid dienone is 1. The maximum Gasteiger partial charge on any atom is 0.338 e. The van der Waals surface area contributed by atoms with E-state index in [1.165, 1.54) is 11.3 Å². The summed E-state index contributed by atoms with van der Waals surface area (Å²) in [4.78, 5) is 33.5. The summed E-state index contributed by atoms with van der Waals surface area (Å²) in [6.45, 7) is 9.42. The smallest absolute Gasteiger partial charge is 0.338 e. The fourth-order valence-corrected chi connectivity index (χ4v) is 7.65. The van der Waals surface area contributed by atoms with E-state index >= 15 is 0 Å². The summed E-state index contributed by atoms with van der Waals surface area (Å²) in [7, 11) is 0. The summed E-state index contributed by atoms with van der Waals surface area (Å²) >= 11 is 7.49. The molecule has 0 amide bonds. The van der Waals surface area contributed by atoms with Crippen molar-refractivity contribution in [1.82, 2.24) is 4.57 Å². The van der Waals surface area contributed by atoms with Gasteiger partial charge in [0.15, 0.2) is 4.80 Å². The number of hydrogen-bond acceptors (Lipinski definition) is 7. The molecule has 1 atom stereocenters. The second-order valence-corrected chi connectivity index (χ2v) is 13.5. The maximum absolute atomic E-state index is 13.9. The number of aromatic nitrogens is 1. The molecule has 10 heteroatoms. The summed E-state index contributed by atoms with van der Waals surface area (Å²) in [5.41, 5.74) is 2.48. The van der Waals surface area contributed by atoms with Crippen molar-refractivity contribution < 1.29 is 14.3 Å². The zero-order valence-corrected chi connectivity index (χ0v) is 27.8. The second-order valence-electron chi connectivity index (χ2n) is 9.29. The average Bonchev–Trinajstić information content (AvgIpc) is 3.14. The monoisotopic (exact) mass is 774 g/mol. The maximum atomic E-state index is 13.9. The van der Waals surface area contributed by atoms with Crippen molar-refractivity contribution in [2.75, 3.05) is 6.26 Å². The van der Waals surface area contributed by atoms with Gasteiger partial charge in [-0.3, -0.25) is 9.36 Å². The Bertz CT molecular complexity index is 1570. The molecule has 0 fully saturated rings. The molecule has 1 aromatic heterocycles. The van der Waals surface area contributed by atoms with Crippen LogP contribution in [-0.4, -0.2) is 29.0 Å². The number of thiazole rings is 1. The van der Waals surface area contributed by atoms with Crippen molar-refractivity contribution in [3.05, 3.63) is 85.6 Å². The molecule has 0 aliphatic carbocycles. The van der Waals surface area contributed by atoms with E-state index in [1.54, 1.807) is 23.3 Å².